The van der Waals surface area contributed by atoms with E-state index in [9.17, 15) is 36.2 Å². The molecule has 0 radical (unpaired) electrons. The lowest BCUT2D eigenvalue weighted by atomic mass is 10.1. The predicted molar refractivity (Wildman–Crippen MR) is 125 cm³/mol. The third-order valence-corrected chi connectivity index (χ3v) is 5.25. The van der Waals surface area contributed by atoms with Crippen LogP contribution in [-0.2, 0) is 6.18 Å². The van der Waals surface area contributed by atoms with Crippen molar-refractivity contribution in [3.63, 3.8) is 0 Å². The van der Waals surface area contributed by atoms with Crippen LogP contribution in [0.5, 0.6) is 5.75 Å². The summed E-state index contributed by atoms with van der Waals surface area (Å²) in [5, 5.41) is 19.9. The lowest BCUT2D eigenvalue weighted by Crippen LogP contribution is -2.39. The first-order valence-electron chi connectivity index (χ1n) is 10.9. The molecule has 8 nitrogen and oxygen atoms in total. The third-order valence-electron chi connectivity index (χ3n) is 5.25. The molecular formula is C25H16F6N5O3-. The fourth-order valence-electron chi connectivity index (χ4n) is 3.48. The van der Waals surface area contributed by atoms with Gasteiger partial charge < -0.3 is 14.6 Å². The number of alkyl halides is 6. The molecule has 4 rings (SSSR count). The van der Waals surface area contributed by atoms with Gasteiger partial charge >= 0.3 is 12.5 Å². The average Bonchev–Trinajstić information content (AvgIpc) is 3.36. The second-order valence-electron chi connectivity index (χ2n) is 7.91. The lowest BCUT2D eigenvalue weighted by Gasteiger charge is -2.24. The number of hydrogen-bond donors (Lipinski definition) is 0. The molecule has 14 heteroatoms. The minimum Gasteiger partial charge on any atom is -0.528 e. The van der Waals surface area contributed by atoms with Crippen LogP contribution in [0.2, 0.25) is 0 Å². The number of ether oxygens (including phenoxy) is 1. The van der Waals surface area contributed by atoms with Gasteiger partial charge in [-0.1, -0.05) is 36.4 Å². The molecule has 0 atom stereocenters. The maximum atomic E-state index is 13.4. The van der Waals surface area contributed by atoms with E-state index < -0.39 is 35.6 Å². The summed E-state index contributed by atoms with van der Waals surface area (Å²) in [5.41, 5.74) is -0.457. The summed E-state index contributed by atoms with van der Waals surface area (Å²) in [7, 11) is 0. The number of anilines is 1. The molecule has 0 bridgehead atoms. The van der Waals surface area contributed by atoms with Crippen molar-refractivity contribution in [1.29, 1.82) is 0 Å². The number of amides is 1. The number of aromatic nitrogens is 3. The van der Waals surface area contributed by atoms with Crippen molar-refractivity contribution < 1.29 is 41.0 Å². The van der Waals surface area contributed by atoms with Crippen LogP contribution in [0.1, 0.15) is 18.1 Å². The van der Waals surface area contributed by atoms with Gasteiger partial charge in [0.25, 0.3) is 0 Å². The van der Waals surface area contributed by atoms with Crippen LogP contribution < -0.4 is 14.9 Å². The van der Waals surface area contributed by atoms with Crippen LogP contribution in [0.4, 0.5) is 36.8 Å². The summed E-state index contributed by atoms with van der Waals surface area (Å²) >= 11 is 0. The summed E-state index contributed by atoms with van der Waals surface area (Å²) in [4.78, 5) is 15.8. The van der Waals surface area contributed by atoms with Crippen molar-refractivity contribution in [2.75, 3.05) is 5.01 Å². The van der Waals surface area contributed by atoms with Crippen LogP contribution in [-0.4, -0.2) is 32.9 Å². The highest BCUT2D eigenvalue weighted by molar-refractivity contribution is 6.01. The van der Waals surface area contributed by atoms with E-state index in [0.29, 0.717) is 16.8 Å². The number of hydrazone groups is 1. The van der Waals surface area contributed by atoms with Crippen LogP contribution in [0.3, 0.4) is 0 Å². The first-order chi connectivity index (χ1) is 18.3. The predicted octanol–water partition coefficient (Wildman–Crippen LogP) is 5.43. The summed E-state index contributed by atoms with van der Waals surface area (Å²) in [6.07, 6.45) is -10.2. The topological polar surface area (TPSA) is 95.7 Å². The molecule has 0 fully saturated rings. The fourth-order valence-corrected chi connectivity index (χ4v) is 3.48. The standard InChI is InChI=1S/C25H17F6N5O3/c1-15(33-36(23(37)38)21-5-3-2-4-20(21)24(26,27)28)16-6-8-17(9-7-16)22-32-14-35(34-22)18-10-12-19(13-11-18)39-25(29,30)31/h2-14H,1H3,(H,37,38)/p-1. The number of carboxylic acid groups (broad SMARTS) is 1. The second-order valence-corrected chi connectivity index (χ2v) is 7.91. The van der Waals surface area contributed by atoms with Gasteiger partial charge in [0, 0.05) is 5.56 Å². The largest absolute Gasteiger partial charge is 0.573 e. The van der Waals surface area contributed by atoms with Gasteiger partial charge in [-0.25, -0.2) is 14.7 Å². The molecule has 0 aliphatic carbocycles. The Kier molecular flexibility index (Phi) is 7.29. The molecule has 1 aromatic heterocycles. The molecule has 0 aliphatic heterocycles. The Morgan fingerprint density at radius 1 is 0.949 bits per heavy atom. The van der Waals surface area contributed by atoms with Crippen molar-refractivity contribution in [1.82, 2.24) is 14.8 Å². The first-order valence-corrected chi connectivity index (χ1v) is 10.9. The number of halogens is 6. The Labute approximate surface area is 216 Å². The van der Waals surface area contributed by atoms with Crippen molar-refractivity contribution in [3.8, 4) is 22.8 Å². The minimum atomic E-state index is -4.81. The van der Waals surface area contributed by atoms with Gasteiger partial charge in [-0.05, 0) is 48.9 Å². The van der Waals surface area contributed by atoms with Gasteiger partial charge in [0.1, 0.15) is 12.1 Å². The van der Waals surface area contributed by atoms with Crippen LogP contribution in [0.15, 0.2) is 84.2 Å². The average molecular weight is 548 g/mol. The van der Waals surface area contributed by atoms with Crippen molar-refractivity contribution in [2.45, 2.75) is 19.5 Å². The molecule has 3 aromatic carbocycles. The number of carbonyl (C=O) groups excluding carboxylic acids is 1. The Balaban J connectivity index is 1.55. The molecule has 202 valence electrons. The highest BCUT2D eigenvalue weighted by atomic mass is 19.4. The lowest BCUT2D eigenvalue weighted by molar-refractivity contribution is -0.274. The van der Waals surface area contributed by atoms with E-state index in [4.69, 9.17) is 0 Å². The molecule has 0 unspecified atom stereocenters. The van der Waals surface area contributed by atoms with E-state index >= 15 is 0 Å². The van der Waals surface area contributed by atoms with E-state index in [1.54, 1.807) is 24.3 Å². The normalized spacial score (nSPS) is 12.3. The molecule has 0 spiro atoms. The van der Waals surface area contributed by atoms with Gasteiger partial charge in [-0.15, -0.1) is 18.3 Å². The fraction of sp³-hybridized carbons (Fsp3) is 0.120. The molecular weight excluding hydrogens is 532 g/mol. The number of benzene rings is 3. The zero-order valence-corrected chi connectivity index (χ0v) is 19.7. The zero-order valence-electron chi connectivity index (χ0n) is 19.7. The number of rotatable bonds is 6. The Morgan fingerprint density at radius 3 is 2.18 bits per heavy atom. The molecule has 1 amide bonds. The van der Waals surface area contributed by atoms with Crippen LogP contribution in [0, 0.1) is 0 Å². The molecule has 4 aromatic rings. The monoisotopic (exact) mass is 548 g/mol. The van der Waals surface area contributed by atoms with Gasteiger partial charge in [-0.2, -0.15) is 18.3 Å². The van der Waals surface area contributed by atoms with Gasteiger partial charge in [-0.3, -0.25) is 0 Å². The second kappa shape index (κ2) is 10.5. The Morgan fingerprint density at radius 2 is 1.59 bits per heavy atom. The van der Waals surface area contributed by atoms with Gasteiger partial charge in [0.2, 0.25) is 0 Å². The maximum Gasteiger partial charge on any atom is 0.573 e. The quantitative estimate of drug-likeness (QED) is 0.182. The van der Waals surface area contributed by atoms with E-state index in [1.807, 2.05) is 0 Å². The number of nitrogens with zero attached hydrogens (tertiary/aromatic N) is 5. The highest BCUT2D eigenvalue weighted by Gasteiger charge is 2.35. The SMILES string of the molecule is CC(=NN(C(=O)[O-])c1ccccc1C(F)(F)F)c1ccc(-c2ncn(-c3ccc(OC(F)(F)F)cc3)n2)cc1. The number of carbonyl (C=O) groups is 1. The number of hydrogen-bond acceptors (Lipinski definition) is 6. The minimum absolute atomic E-state index is 0.0855. The Bertz CT molecular complexity index is 1500. The van der Waals surface area contributed by atoms with Gasteiger partial charge in [0.05, 0.1) is 22.6 Å². The summed E-state index contributed by atoms with van der Waals surface area (Å²) in [5.74, 6) is -0.124. The molecule has 0 N–H and O–H groups in total. The van der Waals surface area contributed by atoms with Gasteiger partial charge in [0.15, 0.2) is 11.9 Å². The maximum absolute atomic E-state index is 13.4. The molecule has 0 saturated carbocycles. The Hall–Kier alpha value is -4.88. The van der Waals surface area contributed by atoms with E-state index in [2.05, 4.69) is 19.9 Å². The zero-order chi connectivity index (χ0) is 28.4. The first kappa shape index (κ1) is 27.2. The molecule has 1 heterocycles. The van der Waals surface area contributed by atoms with Crippen molar-refractivity contribution >= 4 is 17.5 Å². The highest BCUT2D eigenvalue weighted by Crippen LogP contribution is 2.36. The van der Waals surface area contributed by atoms with Crippen LogP contribution in [0.25, 0.3) is 17.1 Å². The molecule has 39 heavy (non-hydrogen) atoms. The third kappa shape index (κ3) is 6.52. The van der Waals surface area contributed by atoms with E-state index in [0.717, 1.165) is 30.3 Å². The summed E-state index contributed by atoms with van der Waals surface area (Å²) in [6, 6.07) is 15.3. The van der Waals surface area contributed by atoms with Crippen molar-refractivity contribution in [2.24, 2.45) is 5.10 Å². The molecule has 0 saturated heterocycles. The van der Waals surface area contributed by atoms with Crippen molar-refractivity contribution in [3.05, 3.63) is 90.3 Å². The smallest absolute Gasteiger partial charge is 0.528 e. The number of para-hydroxylation sites is 1. The van der Waals surface area contributed by atoms with E-state index in [1.165, 1.54) is 36.1 Å². The summed E-state index contributed by atoms with van der Waals surface area (Å²) in [6.45, 7) is 1.42. The van der Waals surface area contributed by atoms with E-state index in [-0.39, 0.29) is 16.5 Å². The summed E-state index contributed by atoms with van der Waals surface area (Å²) < 4.78 is 82.3. The molecule has 0 aliphatic rings. The van der Waals surface area contributed by atoms with Crippen LogP contribution >= 0.6 is 0 Å².